The molecule has 1 fully saturated rings. The lowest BCUT2D eigenvalue weighted by Gasteiger charge is -2.46. The molecular formula is C16H24N6O3. The Bertz CT molecular complexity index is 951. The fourth-order valence-corrected chi connectivity index (χ4v) is 3.61. The Morgan fingerprint density at radius 2 is 1.84 bits per heavy atom. The van der Waals surface area contributed by atoms with Gasteiger partial charge < -0.3 is 14.4 Å². The number of aryl methyl sites for hydroxylation is 1. The van der Waals surface area contributed by atoms with Crippen molar-refractivity contribution in [3.05, 3.63) is 27.2 Å². The summed E-state index contributed by atoms with van der Waals surface area (Å²) in [6, 6.07) is 0. The maximum atomic E-state index is 12.9. The minimum Gasteiger partial charge on any atom is -0.333 e. The molecule has 0 aliphatic carbocycles. The topological polar surface area (TPSA) is 85.4 Å². The maximum absolute atomic E-state index is 12.9. The van der Waals surface area contributed by atoms with Crippen LogP contribution in [0.25, 0.3) is 11.2 Å². The number of aromatic nitrogens is 4. The third-order valence-corrected chi connectivity index (χ3v) is 4.92. The van der Waals surface area contributed by atoms with Gasteiger partial charge in [-0.1, -0.05) is 0 Å². The molecule has 0 radical (unpaired) electrons. The van der Waals surface area contributed by atoms with E-state index in [0.717, 1.165) is 17.7 Å². The summed E-state index contributed by atoms with van der Waals surface area (Å²) >= 11 is 0. The van der Waals surface area contributed by atoms with Crippen molar-refractivity contribution in [2.75, 3.05) is 26.7 Å². The van der Waals surface area contributed by atoms with Crippen LogP contribution in [-0.2, 0) is 25.4 Å². The van der Waals surface area contributed by atoms with Crippen LogP contribution in [0.5, 0.6) is 0 Å². The van der Waals surface area contributed by atoms with E-state index in [4.69, 9.17) is 0 Å². The number of amides is 1. The lowest BCUT2D eigenvalue weighted by Crippen LogP contribution is -2.60. The predicted molar refractivity (Wildman–Crippen MR) is 93.5 cm³/mol. The van der Waals surface area contributed by atoms with E-state index in [2.05, 4.69) is 9.88 Å². The molecule has 1 amide bonds. The number of piperazine rings is 1. The molecule has 1 saturated heterocycles. The van der Waals surface area contributed by atoms with Crippen molar-refractivity contribution in [2.45, 2.75) is 25.9 Å². The van der Waals surface area contributed by atoms with Crippen molar-refractivity contribution in [3.8, 4) is 0 Å². The Morgan fingerprint density at radius 3 is 2.48 bits per heavy atom. The first kappa shape index (κ1) is 17.4. The molecule has 0 bridgehead atoms. The van der Waals surface area contributed by atoms with Crippen molar-refractivity contribution < 1.29 is 4.79 Å². The second-order valence-corrected chi connectivity index (χ2v) is 7.35. The van der Waals surface area contributed by atoms with Crippen molar-refractivity contribution >= 4 is 17.1 Å². The molecule has 0 aromatic carbocycles. The molecule has 2 aromatic heterocycles. The third-order valence-electron chi connectivity index (χ3n) is 4.92. The number of likely N-dealkylation sites (N-methyl/N-ethyl adjacent to an activating group) is 1. The molecule has 9 heteroatoms. The minimum absolute atomic E-state index is 0.0249. The Kier molecular flexibility index (Phi) is 4.06. The fraction of sp³-hybridized carbons (Fsp3) is 0.625. The molecule has 0 atom stereocenters. The number of carbonyl (C=O) groups excluding carboxylic acids is 1. The number of carbonyl (C=O) groups is 1. The van der Waals surface area contributed by atoms with Crippen LogP contribution in [0.4, 0.5) is 0 Å². The smallest absolute Gasteiger partial charge is 0.332 e. The van der Waals surface area contributed by atoms with E-state index in [-0.39, 0.29) is 23.5 Å². The van der Waals surface area contributed by atoms with Crippen molar-refractivity contribution in [2.24, 2.45) is 14.1 Å². The summed E-state index contributed by atoms with van der Waals surface area (Å²) in [4.78, 5) is 45.5. The van der Waals surface area contributed by atoms with Gasteiger partial charge in [0.05, 0.1) is 11.9 Å². The largest absolute Gasteiger partial charge is 0.333 e. The van der Waals surface area contributed by atoms with Crippen LogP contribution < -0.4 is 11.2 Å². The highest BCUT2D eigenvalue weighted by Crippen LogP contribution is 2.21. The molecule has 136 valence electrons. The Hall–Kier alpha value is -2.42. The van der Waals surface area contributed by atoms with E-state index in [1.165, 1.54) is 22.5 Å². The number of imidazole rings is 1. The zero-order valence-corrected chi connectivity index (χ0v) is 15.3. The van der Waals surface area contributed by atoms with Gasteiger partial charge in [0.1, 0.15) is 6.54 Å². The molecular weight excluding hydrogens is 324 g/mol. The van der Waals surface area contributed by atoms with Gasteiger partial charge in [0.15, 0.2) is 11.2 Å². The fourth-order valence-electron chi connectivity index (χ4n) is 3.61. The monoisotopic (exact) mass is 348 g/mol. The third kappa shape index (κ3) is 2.78. The summed E-state index contributed by atoms with van der Waals surface area (Å²) in [6.45, 7) is 6.35. The zero-order valence-electron chi connectivity index (χ0n) is 15.3. The first-order valence-electron chi connectivity index (χ1n) is 8.23. The van der Waals surface area contributed by atoms with E-state index in [0.29, 0.717) is 12.2 Å². The molecule has 25 heavy (non-hydrogen) atoms. The van der Waals surface area contributed by atoms with Crippen molar-refractivity contribution in [3.63, 3.8) is 0 Å². The van der Waals surface area contributed by atoms with E-state index in [1.54, 1.807) is 7.05 Å². The highest BCUT2D eigenvalue weighted by Gasteiger charge is 2.35. The predicted octanol–water partition coefficient (Wildman–Crippen LogP) is -1.01. The molecule has 3 rings (SSSR count). The Balaban J connectivity index is 1.98. The molecule has 0 unspecified atom stereocenters. The molecule has 0 spiro atoms. The number of hydrogen-bond donors (Lipinski definition) is 0. The Morgan fingerprint density at radius 1 is 1.16 bits per heavy atom. The van der Waals surface area contributed by atoms with Gasteiger partial charge in [-0.3, -0.25) is 18.7 Å². The van der Waals surface area contributed by atoms with Gasteiger partial charge in [-0.25, -0.2) is 9.78 Å². The molecule has 0 N–H and O–H groups in total. The SMILES string of the molecule is CN1CCN(C(=O)Cn2cnc3c2c(=O)n(C)c(=O)n3C)C(C)(C)C1. The first-order chi connectivity index (χ1) is 11.6. The quantitative estimate of drug-likeness (QED) is 0.694. The summed E-state index contributed by atoms with van der Waals surface area (Å²) in [5.41, 5.74) is -0.600. The van der Waals surface area contributed by atoms with Gasteiger partial charge in [0.2, 0.25) is 5.91 Å². The summed E-state index contributed by atoms with van der Waals surface area (Å²) in [7, 11) is 5.02. The first-order valence-corrected chi connectivity index (χ1v) is 8.23. The second kappa shape index (κ2) is 5.83. The second-order valence-electron chi connectivity index (χ2n) is 7.35. The summed E-state index contributed by atoms with van der Waals surface area (Å²) in [5.74, 6) is -0.0618. The lowest BCUT2D eigenvalue weighted by atomic mass is 9.99. The average molecular weight is 348 g/mol. The van der Waals surface area contributed by atoms with E-state index < -0.39 is 11.2 Å². The van der Waals surface area contributed by atoms with Crippen LogP contribution in [0.2, 0.25) is 0 Å². The molecule has 2 aromatic rings. The van der Waals surface area contributed by atoms with Crippen LogP contribution in [0, 0.1) is 0 Å². The Labute approximate surface area is 145 Å². The van der Waals surface area contributed by atoms with Gasteiger partial charge in [0.25, 0.3) is 5.56 Å². The van der Waals surface area contributed by atoms with Crippen LogP contribution in [0.1, 0.15) is 13.8 Å². The van der Waals surface area contributed by atoms with Crippen molar-refractivity contribution in [1.29, 1.82) is 0 Å². The molecule has 3 heterocycles. The highest BCUT2D eigenvalue weighted by atomic mass is 16.2. The normalized spacial score (nSPS) is 18.0. The number of nitrogens with zero attached hydrogens (tertiary/aromatic N) is 6. The molecule has 9 nitrogen and oxygen atoms in total. The van der Waals surface area contributed by atoms with Gasteiger partial charge >= 0.3 is 5.69 Å². The van der Waals surface area contributed by atoms with E-state index >= 15 is 0 Å². The van der Waals surface area contributed by atoms with Gasteiger partial charge in [-0.2, -0.15) is 0 Å². The highest BCUT2D eigenvalue weighted by molar-refractivity contribution is 5.79. The average Bonchev–Trinajstić information content (AvgIpc) is 2.93. The standard InChI is InChI=1S/C16H24N6O3/c1-16(2)9-18(3)6-7-22(16)11(23)8-21-10-17-13-12(21)14(24)20(5)15(25)19(13)4/h10H,6-9H2,1-5H3. The van der Waals surface area contributed by atoms with E-state index in [9.17, 15) is 14.4 Å². The van der Waals surface area contributed by atoms with Crippen LogP contribution in [-0.4, -0.2) is 66.6 Å². The van der Waals surface area contributed by atoms with Gasteiger partial charge in [-0.15, -0.1) is 0 Å². The zero-order chi connectivity index (χ0) is 18.5. The minimum atomic E-state index is -0.443. The van der Waals surface area contributed by atoms with Crippen molar-refractivity contribution in [1.82, 2.24) is 28.5 Å². The molecule has 1 aliphatic rings. The lowest BCUT2D eigenvalue weighted by molar-refractivity contribution is -0.140. The van der Waals surface area contributed by atoms with Crippen LogP contribution >= 0.6 is 0 Å². The maximum Gasteiger partial charge on any atom is 0.332 e. The number of hydrogen-bond acceptors (Lipinski definition) is 5. The van der Waals surface area contributed by atoms with E-state index in [1.807, 2.05) is 25.8 Å². The molecule has 0 saturated carbocycles. The molecule has 1 aliphatic heterocycles. The van der Waals surface area contributed by atoms with Gasteiger partial charge in [-0.05, 0) is 20.9 Å². The van der Waals surface area contributed by atoms with Gasteiger partial charge in [0, 0.05) is 33.7 Å². The summed E-state index contributed by atoms with van der Waals surface area (Å²) in [5, 5.41) is 0. The summed E-state index contributed by atoms with van der Waals surface area (Å²) in [6.07, 6.45) is 1.45. The number of rotatable bonds is 2. The summed E-state index contributed by atoms with van der Waals surface area (Å²) < 4.78 is 3.89. The number of fused-ring (bicyclic) bond motifs is 1. The van der Waals surface area contributed by atoms with Crippen LogP contribution in [0.15, 0.2) is 15.9 Å². The van der Waals surface area contributed by atoms with Crippen LogP contribution in [0.3, 0.4) is 0 Å².